The highest BCUT2D eigenvalue weighted by Gasteiger charge is 2.31. The second-order valence-electron chi connectivity index (χ2n) is 6.54. The quantitative estimate of drug-likeness (QED) is 0.724. The molecule has 0 atom stereocenters. The van der Waals surface area contributed by atoms with Crippen molar-refractivity contribution in [2.24, 2.45) is 0 Å². The molecular weight excluding hydrogens is 452 g/mol. The molecule has 0 amide bonds. The lowest BCUT2D eigenvalue weighted by Crippen LogP contribution is -2.46. The largest absolute Gasteiger partial charge is 0.243 e. The van der Waals surface area contributed by atoms with Crippen molar-refractivity contribution >= 4 is 36.0 Å². The number of rotatable bonds is 5. The van der Waals surface area contributed by atoms with Crippen LogP contribution in [-0.4, -0.2) is 40.3 Å². The molecule has 1 aliphatic heterocycles. The minimum absolute atomic E-state index is 0.180. The Morgan fingerprint density at radius 3 is 2.15 bits per heavy atom. The van der Waals surface area contributed by atoms with Crippen molar-refractivity contribution in [1.29, 1.82) is 0 Å². The Morgan fingerprint density at radius 2 is 1.56 bits per heavy atom. The van der Waals surface area contributed by atoms with Crippen molar-refractivity contribution in [2.45, 2.75) is 35.6 Å². The second kappa shape index (κ2) is 8.00. The van der Waals surface area contributed by atoms with E-state index in [1.54, 1.807) is 42.5 Å². The first-order chi connectivity index (χ1) is 12.7. The summed E-state index contributed by atoms with van der Waals surface area (Å²) < 4.78 is 55.2. The number of aryl methyl sites for hydroxylation is 1. The average molecular weight is 473 g/mol. The molecule has 6 nitrogen and oxygen atoms in total. The fraction of sp³-hybridized carbons (Fsp3) is 0.333. The van der Waals surface area contributed by atoms with Gasteiger partial charge in [-0.05, 0) is 60.0 Å². The van der Waals surface area contributed by atoms with Gasteiger partial charge in [0.1, 0.15) is 0 Å². The third-order valence-corrected chi connectivity index (χ3v) is 9.01. The maximum atomic E-state index is 12.7. The van der Waals surface area contributed by atoms with E-state index in [4.69, 9.17) is 0 Å². The van der Waals surface area contributed by atoms with Crippen LogP contribution in [-0.2, 0) is 20.0 Å². The zero-order valence-corrected chi connectivity index (χ0v) is 18.0. The number of piperidine rings is 1. The molecule has 0 unspecified atom stereocenters. The van der Waals surface area contributed by atoms with E-state index in [9.17, 15) is 16.8 Å². The number of benzene rings is 2. The molecule has 2 aromatic carbocycles. The van der Waals surface area contributed by atoms with E-state index in [0.717, 1.165) is 5.56 Å². The highest BCUT2D eigenvalue weighted by atomic mass is 79.9. The molecule has 0 bridgehead atoms. The first kappa shape index (κ1) is 20.5. The summed E-state index contributed by atoms with van der Waals surface area (Å²) in [5, 5.41) is 0. The van der Waals surface area contributed by atoms with Crippen LogP contribution in [0.4, 0.5) is 0 Å². The van der Waals surface area contributed by atoms with Crippen LogP contribution in [0.5, 0.6) is 0 Å². The summed E-state index contributed by atoms with van der Waals surface area (Å²) in [6, 6.07) is 13.1. The first-order valence-electron chi connectivity index (χ1n) is 8.54. The molecule has 146 valence electrons. The van der Waals surface area contributed by atoms with Crippen LogP contribution in [0.15, 0.2) is 62.8 Å². The zero-order chi connectivity index (χ0) is 19.7. The lowest BCUT2D eigenvalue weighted by Gasteiger charge is -2.31. The van der Waals surface area contributed by atoms with Crippen molar-refractivity contribution < 1.29 is 16.8 Å². The van der Waals surface area contributed by atoms with E-state index in [-0.39, 0.29) is 28.9 Å². The van der Waals surface area contributed by atoms with E-state index in [0.29, 0.717) is 17.3 Å². The van der Waals surface area contributed by atoms with E-state index in [2.05, 4.69) is 20.7 Å². The molecule has 1 saturated heterocycles. The number of hydrogen-bond acceptors (Lipinski definition) is 4. The Morgan fingerprint density at radius 1 is 0.963 bits per heavy atom. The predicted molar refractivity (Wildman–Crippen MR) is 107 cm³/mol. The van der Waals surface area contributed by atoms with E-state index < -0.39 is 20.0 Å². The van der Waals surface area contributed by atoms with Crippen molar-refractivity contribution in [3.8, 4) is 0 Å². The molecular formula is C18H21BrN2O4S2. The summed E-state index contributed by atoms with van der Waals surface area (Å²) in [4.78, 5) is 0.444. The monoisotopic (exact) mass is 472 g/mol. The summed E-state index contributed by atoms with van der Waals surface area (Å²) >= 11 is 3.26. The van der Waals surface area contributed by atoms with Crippen LogP contribution in [0.1, 0.15) is 18.4 Å². The molecule has 2 aromatic rings. The number of sulfonamides is 2. The van der Waals surface area contributed by atoms with Gasteiger partial charge < -0.3 is 0 Å². The van der Waals surface area contributed by atoms with Crippen LogP contribution in [0.3, 0.4) is 0 Å². The zero-order valence-electron chi connectivity index (χ0n) is 14.8. The normalized spacial score (nSPS) is 17.1. The Hall–Kier alpha value is -1.26. The minimum Gasteiger partial charge on any atom is -0.208 e. The van der Waals surface area contributed by atoms with Crippen LogP contribution >= 0.6 is 15.9 Å². The molecule has 0 spiro atoms. The lowest BCUT2D eigenvalue weighted by molar-refractivity contribution is 0.308. The van der Waals surface area contributed by atoms with E-state index in [1.165, 1.54) is 10.4 Å². The van der Waals surface area contributed by atoms with Gasteiger partial charge in [-0.15, -0.1) is 0 Å². The Bertz CT molecular complexity index is 1010. The van der Waals surface area contributed by atoms with Crippen molar-refractivity contribution in [1.82, 2.24) is 9.03 Å². The summed E-state index contributed by atoms with van der Waals surface area (Å²) in [5.41, 5.74) is 0.995. The van der Waals surface area contributed by atoms with Gasteiger partial charge in [0, 0.05) is 23.6 Å². The van der Waals surface area contributed by atoms with Crippen LogP contribution in [0.25, 0.3) is 0 Å². The van der Waals surface area contributed by atoms with Crippen molar-refractivity contribution in [3.63, 3.8) is 0 Å². The molecule has 0 saturated carbocycles. The van der Waals surface area contributed by atoms with Gasteiger partial charge in [0.05, 0.1) is 9.79 Å². The van der Waals surface area contributed by atoms with Crippen LogP contribution < -0.4 is 4.72 Å². The Balaban J connectivity index is 1.67. The average Bonchev–Trinajstić information content (AvgIpc) is 2.62. The van der Waals surface area contributed by atoms with Gasteiger partial charge in [0.15, 0.2) is 0 Å². The van der Waals surface area contributed by atoms with Crippen molar-refractivity contribution in [2.75, 3.05) is 13.1 Å². The van der Waals surface area contributed by atoms with Crippen molar-refractivity contribution in [3.05, 3.63) is 58.6 Å². The maximum Gasteiger partial charge on any atom is 0.243 e. The first-order valence-corrected chi connectivity index (χ1v) is 12.3. The maximum absolute atomic E-state index is 12.7. The predicted octanol–water partition coefficient (Wildman–Crippen LogP) is 2.89. The summed E-state index contributed by atoms with van der Waals surface area (Å²) in [6.07, 6.45) is 0.851. The van der Waals surface area contributed by atoms with Gasteiger partial charge in [-0.3, -0.25) is 0 Å². The molecule has 0 aromatic heterocycles. The number of nitrogens with one attached hydrogen (secondary N) is 1. The van der Waals surface area contributed by atoms with Crippen LogP contribution in [0.2, 0.25) is 0 Å². The Kier molecular flexibility index (Phi) is 6.07. The fourth-order valence-electron chi connectivity index (χ4n) is 3.02. The SMILES string of the molecule is Cc1ccc(S(=O)(=O)N2CCC(NS(=O)(=O)c3ccccc3Br)CC2)cc1. The molecule has 1 N–H and O–H groups in total. The highest BCUT2D eigenvalue weighted by molar-refractivity contribution is 9.10. The minimum atomic E-state index is -3.67. The highest BCUT2D eigenvalue weighted by Crippen LogP contribution is 2.24. The van der Waals surface area contributed by atoms with E-state index >= 15 is 0 Å². The van der Waals surface area contributed by atoms with Gasteiger partial charge >= 0.3 is 0 Å². The van der Waals surface area contributed by atoms with E-state index in [1.807, 2.05) is 6.92 Å². The Labute approximate surface area is 168 Å². The molecule has 1 heterocycles. The molecule has 27 heavy (non-hydrogen) atoms. The van der Waals surface area contributed by atoms with Gasteiger partial charge in [0.2, 0.25) is 20.0 Å². The molecule has 9 heteroatoms. The topological polar surface area (TPSA) is 83.6 Å². The summed E-state index contributed by atoms with van der Waals surface area (Å²) in [7, 11) is -7.22. The summed E-state index contributed by atoms with van der Waals surface area (Å²) in [5.74, 6) is 0. The molecule has 1 fully saturated rings. The smallest absolute Gasteiger partial charge is 0.208 e. The number of hydrogen-bond donors (Lipinski definition) is 1. The number of halogens is 1. The third kappa shape index (κ3) is 4.60. The summed E-state index contributed by atoms with van der Waals surface area (Å²) in [6.45, 7) is 2.46. The molecule has 1 aliphatic rings. The molecule has 0 radical (unpaired) electrons. The second-order valence-corrected chi connectivity index (χ2v) is 11.0. The van der Waals surface area contributed by atoms with Gasteiger partial charge in [-0.25, -0.2) is 21.6 Å². The fourth-order valence-corrected chi connectivity index (χ4v) is 6.80. The lowest BCUT2D eigenvalue weighted by atomic mass is 10.1. The van der Waals surface area contributed by atoms with Gasteiger partial charge in [-0.1, -0.05) is 29.8 Å². The standard InChI is InChI=1S/C18H21BrN2O4S2/c1-14-6-8-16(9-7-14)27(24,25)21-12-10-15(11-13-21)20-26(22,23)18-5-3-2-4-17(18)19/h2-9,15,20H,10-13H2,1H3. The molecule has 0 aliphatic carbocycles. The van der Waals surface area contributed by atoms with Crippen LogP contribution in [0, 0.1) is 6.92 Å². The number of nitrogens with zero attached hydrogens (tertiary/aromatic N) is 1. The third-order valence-electron chi connectivity index (χ3n) is 4.56. The van der Waals surface area contributed by atoms with Gasteiger partial charge in [0.25, 0.3) is 0 Å². The van der Waals surface area contributed by atoms with Gasteiger partial charge in [-0.2, -0.15) is 4.31 Å². The molecule has 3 rings (SSSR count).